The standard InChI is InChI=1S/C21H22N2O4/c1-13-16(11-18(22)24)19-15(20(25)21(26)27-2)9-6-10-17(19)23(13)12-14-7-4-3-5-8-14/h3-10,20,25H,11-12H2,1-2H3,(H2,22,24). The van der Waals surface area contributed by atoms with Crippen molar-refractivity contribution in [3.8, 4) is 0 Å². The first kappa shape index (κ1) is 18.7. The van der Waals surface area contributed by atoms with E-state index < -0.39 is 18.0 Å². The van der Waals surface area contributed by atoms with E-state index in [2.05, 4.69) is 9.30 Å². The minimum Gasteiger partial charge on any atom is -0.467 e. The first-order valence-electron chi connectivity index (χ1n) is 8.62. The summed E-state index contributed by atoms with van der Waals surface area (Å²) in [4.78, 5) is 23.6. The van der Waals surface area contributed by atoms with E-state index in [1.165, 1.54) is 7.11 Å². The summed E-state index contributed by atoms with van der Waals surface area (Å²) in [6.45, 7) is 2.51. The molecule has 2 aromatic carbocycles. The number of aromatic nitrogens is 1. The number of carbonyl (C=O) groups is 2. The normalized spacial score (nSPS) is 12.1. The van der Waals surface area contributed by atoms with Gasteiger partial charge in [-0.1, -0.05) is 42.5 Å². The maximum Gasteiger partial charge on any atom is 0.339 e. The molecular formula is C21H22N2O4. The van der Waals surface area contributed by atoms with Crippen molar-refractivity contribution in [3.63, 3.8) is 0 Å². The van der Waals surface area contributed by atoms with Crippen LogP contribution in [0.1, 0.15) is 28.5 Å². The van der Waals surface area contributed by atoms with Crippen molar-refractivity contribution in [2.24, 2.45) is 5.73 Å². The van der Waals surface area contributed by atoms with Crippen molar-refractivity contribution in [3.05, 3.63) is 70.9 Å². The fourth-order valence-electron chi connectivity index (χ4n) is 3.46. The van der Waals surface area contributed by atoms with Gasteiger partial charge in [0.1, 0.15) is 0 Å². The van der Waals surface area contributed by atoms with Crippen LogP contribution in [-0.4, -0.2) is 28.7 Å². The van der Waals surface area contributed by atoms with Gasteiger partial charge in [0, 0.05) is 28.7 Å². The molecule has 140 valence electrons. The molecule has 3 aromatic rings. The lowest BCUT2D eigenvalue weighted by atomic mass is 9.99. The molecule has 0 fully saturated rings. The number of esters is 1. The number of rotatable bonds is 6. The van der Waals surface area contributed by atoms with E-state index in [0.717, 1.165) is 16.8 Å². The second kappa shape index (κ2) is 7.63. The van der Waals surface area contributed by atoms with Gasteiger partial charge >= 0.3 is 5.97 Å². The lowest BCUT2D eigenvalue weighted by Gasteiger charge is -2.12. The zero-order valence-electron chi connectivity index (χ0n) is 15.3. The summed E-state index contributed by atoms with van der Waals surface area (Å²) in [5.41, 5.74) is 9.38. The summed E-state index contributed by atoms with van der Waals surface area (Å²) in [6.07, 6.45) is -1.41. The predicted molar refractivity (Wildman–Crippen MR) is 102 cm³/mol. The highest BCUT2D eigenvalue weighted by molar-refractivity contribution is 5.95. The number of primary amides is 1. The first-order chi connectivity index (χ1) is 12.9. The third kappa shape index (κ3) is 3.57. The van der Waals surface area contributed by atoms with Crippen molar-refractivity contribution >= 4 is 22.8 Å². The van der Waals surface area contributed by atoms with Gasteiger partial charge in [0.2, 0.25) is 5.91 Å². The molecule has 0 aliphatic heterocycles. The number of ether oxygens (including phenoxy) is 1. The van der Waals surface area contributed by atoms with Crippen LogP contribution in [0.5, 0.6) is 0 Å². The van der Waals surface area contributed by atoms with Gasteiger partial charge in [-0.05, 0) is 24.1 Å². The van der Waals surface area contributed by atoms with Crippen molar-refractivity contribution in [1.82, 2.24) is 4.57 Å². The van der Waals surface area contributed by atoms with Gasteiger partial charge in [-0.15, -0.1) is 0 Å². The Balaban J connectivity index is 2.24. The highest BCUT2D eigenvalue weighted by atomic mass is 16.5. The molecule has 1 amide bonds. The highest BCUT2D eigenvalue weighted by Crippen LogP contribution is 2.33. The van der Waals surface area contributed by atoms with Crippen LogP contribution in [0.25, 0.3) is 10.9 Å². The zero-order valence-corrected chi connectivity index (χ0v) is 15.3. The molecular weight excluding hydrogens is 344 g/mol. The van der Waals surface area contributed by atoms with Gasteiger partial charge in [0.25, 0.3) is 0 Å². The Kier molecular flexibility index (Phi) is 5.28. The zero-order chi connectivity index (χ0) is 19.6. The number of benzene rings is 2. The maximum atomic E-state index is 11.9. The molecule has 1 heterocycles. The molecule has 27 heavy (non-hydrogen) atoms. The van der Waals surface area contributed by atoms with E-state index in [1.807, 2.05) is 43.3 Å². The Morgan fingerprint density at radius 2 is 1.85 bits per heavy atom. The van der Waals surface area contributed by atoms with Crippen molar-refractivity contribution in [2.75, 3.05) is 7.11 Å². The molecule has 0 saturated carbocycles. The average Bonchev–Trinajstić information content (AvgIpc) is 2.93. The lowest BCUT2D eigenvalue weighted by molar-refractivity contribution is -0.150. The molecule has 0 saturated heterocycles. The van der Waals surface area contributed by atoms with Gasteiger partial charge < -0.3 is 20.1 Å². The maximum absolute atomic E-state index is 11.9. The number of hydrogen-bond donors (Lipinski definition) is 2. The summed E-state index contributed by atoms with van der Waals surface area (Å²) in [6, 6.07) is 15.3. The average molecular weight is 366 g/mol. The van der Waals surface area contributed by atoms with E-state index in [0.29, 0.717) is 23.1 Å². The highest BCUT2D eigenvalue weighted by Gasteiger charge is 2.25. The van der Waals surface area contributed by atoms with Gasteiger partial charge in [0.15, 0.2) is 6.10 Å². The predicted octanol–water partition coefficient (Wildman–Crippen LogP) is 2.23. The molecule has 0 spiro atoms. The monoisotopic (exact) mass is 366 g/mol. The number of amides is 1. The number of aliphatic hydroxyl groups excluding tert-OH is 1. The van der Waals surface area contributed by atoms with Gasteiger partial charge in [-0.2, -0.15) is 0 Å². The SMILES string of the molecule is COC(=O)C(O)c1cccc2c1c(CC(N)=O)c(C)n2Cc1ccccc1. The molecule has 0 radical (unpaired) electrons. The van der Waals surface area contributed by atoms with Crippen LogP contribution in [0.3, 0.4) is 0 Å². The fourth-order valence-corrected chi connectivity index (χ4v) is 3.46. The van der Waals surface area contributed by atoms with E-state index in [1.54, 1.807) is 12.1 Å². The third-order valence-corrected chi connectivity index (χ3v) is 4.76. The quantitative estimate of drug-likeness (QED) is 0.654. The Bertz CT molecular complexity index is 992. The smallest absolute Gasteiger partial charge is 0.339 e. The van der Waals surface area contributed by atoms with E-state index >= 15 is 0 Å². The van der Waals surface area contributed by atoms with Crippen LogP contribution in [-0.2, 0) is 27.3 Å². The third-order valence-electron chi connectivity index (χ3n) is 4.76. The lowest BCUT2D eigenvalue weighted by Crippen LogP contribution is -2.16. The minimum atomic E-state index is -1.43. The van der Waals surface area contributed by atoms with E-state index in [9.17, 15) is 14.7 Å². The number of fused-ring (bicyclic) bond motifs is 1. The van der Waals surface area contributed by atoms with Gasteiger partial charge in [-0.3, -0.25) is 4.79 Å². The molecule has 0 aliphatic carbocycles. The van der Waals surface area contributed by atoms with Crippen LogP contribution in [0.15, 0.2) is 48.5 Å². The molecule has 1 aromatic heterocycles. The summed E-state index contributed by atoms with van der Waals surface area (Å²) in [5, 5.41) is 11.1. The Morgan fingerprint density at radius 1 is 1.15 bits per heavy atom. The number of nitrogens with two attached hydrogens (primary N) is 1. The molecule has 3 rings (SSSR count). The number of nitrogens with zero attached hydrogens (tertiary/aromatic N) is 1. The Morgan fingerprint density at radius 3 is 2.48 bits per heavy atom. The van der Waals surface area contributed by atoms with Gasteiger partial charge in [0.05, 0.1) is 13.5 Å². The summed E-state index contributed by atoms with van der Waals surface area (Å²) >= 11 is 0. The van der Waals surface area contributed by atoms with Crippen LogP contribution >= 0.6 is 0 Å². The summed E-state index contributed by atoms with van der Waals surface area (Å²) in [7, 11) is 1.22. The van der Waals surface area contributed by atoms with Crippen LogP contribution < -0.4 is 5.73 Å². The minimum absolute atomic E-state index is 0.0228. The van der Waals surface area contributed by atoms with Crippen molar-refractivity contribution in [2.45, 2.75) is 26.0 Å². The first-order valence-corrected chi connectivity index (χ1v) is 8.62. The summed E-state index contributed by atoms with van der Waals surface area (Å²) in [5.74, 6) is -1.22. The van der Waals surface area contributed by atoms with Crippen LogP contribution in [0, 0.1) is 6.92 Å². The van der Waals surface area contributed by atoms with Crippen LogP contribution in [0.4, 0.5) is 0 Å². The topological polar surface area (TPSA) is 94.6 Å². The molecule has 0 aliphatic rings. The number of carbonyl (C=O) groups excluding carboxylic acids is 2. The van der Waals surface area contributed by atoms with Crippen LogP contribution in [0.2, 0.25) is 0 Å². The molecule has 3 N–H and O–H groups in total. The molecule has 1 atom stereocenters. The molecule has 6 nitrogen and oxygen atoms in total. The molecule has 0 bridgehead atoms. The Labute approximate surface area is 157 Å². The van der Waals surface area contributed by atoms with Crippen molar-refractivity contribution in [1.29, 1.82) is 0 Å². The fraction of sp³-hybridized carbons (Fsp3) is 0.238. The van der Waals surface area contributed by atoms with E-state index in [4.69, 9.17) is 5.73 Å². The van der Waals surface area contributed by atoms with E-state index in [-0.39, 0.29) is 6.42 Å². The second-order valence-corrected chi connectivity index (χ2v) is 6.45. The Hall–Kier alpha value is -3.12. The van der Waals surface area contributed by atoms with Crippen molar-refractivity contribution < 1.29 is 19.4 Å². The number of methoxy groups -OCH3 is 1. The molecule has 1 unspecified atom stereocenters. The largest absolute Gasteiger partial charge is 0.467 e. The number of hydrogen-bond acceptors (Lipinski definition) is 4. The van der Waals surface area contributed by atoms with Gasteiger partial charge in [-0.25, -0.2) is 4.79 Å². The summed E-state index contributed by atoms with van der Waals surface area (Å²) < 4.78 is 6.75. The second-order valence-electron chi connectivity index (χ2n) is 6.45. The number of aliphatic hydroxyl groups is 1. The molecule has 6 heteroatoms.